The molecular weight excluding hydrogens is 476 g/mol. The maximum Gasteiger partial charge on any atom is 0.339 e. The molecule has 1 amide bonds. The molecular formula is C24H22N2O8S. The van der Waals surface area contributed by atoms with Crippen molar-refractivity contribution in [1.82, 2.24) is 0 Å². The number of carbonyl (C=O) groups is 3. The van der Waals surface area contributed by atoms with Crippen molar-refractivity contribution in [3.63, 3.8) is 0 Å². The van der Waals surface area contributed by atoms with E-state index in [0.717, 1.165) is 26.4 Å². The minimum Gasteiger partial charge on any atom is -0.495 e. The van der Waals surface area contributed by atoms with Crippen LogP contribution in [0.25, 0.3) is 0 Å². The average Bonchev–Trinajstić information content (AvgIpc) is 2.87. The van der Waals surface area contributed by atoms with Crippen molar-refractivity contribution in [1.29, 1.82) is 0 Å². The quantitative estimate of drug-likeness (QED) is 0.451. The van der Waals surface area contributed by atoms with Gasteiger partial charge < -0.3 is 19.5 Å². The van der Waals surface area contributed by atoms with Gasteiger partial charge in [0.2, 0.25) is 0 Å². The van der Waals surface area contributed by atoms with Crippen molar-refractivity contribution in [3.8, 4) is 5.75 Å². The summed E-state index contributed by atoms with van der Waals surface area (Å²) >= 11 is 0. The number of hydrogen-bond donors (Lipinski definition) is 2. The number of amides is 1. The van der Waals surface area contributed by atoms with Crippen LogP contribution in [0.3, 0.4) is 0 Å². The van der Waals surface area contributed by atoms with Crippen molar-refractivity contribution < 1.29 is 37.0 Å². The molecule has 0 saturated carbocycles. The van der Waals surface area contributed by atoms with Crippen molar-refractivity contribution >= 4 is 39.2 Å². The molecule has 0 spiro atoms. The van der Waals surface area contributed by atoms with E-state index in [9.17, 15) is 22.8 Å². The van der Waals surface area contributed by atoms with Crippen LogP contribution < -0.4 is 14.8 Å². The van der Waals surface area contributed by atoms with Crippen LogP contribution >= 0.6 is 0 Å². The Hall–Kier alpha value is -4.38. The number of nitrogens with one attached hydrogen (secondary N) is 2. The second-order valence-corrected chi connectivity index (χ2v) is 8.65. The number of esters is 2. The average molecular weight is 499 g/mol. The smallest absolute Gasteiger partial charge is 0.339 e. The lowest BCUT2D eigenvalue weighted by Crippen LogP contribution is -2.21. The summed E-state index contributed by atoms with van der Waals surface area (Å²) in [4.78, 5) is 36.6. The van der Waals surface area contributed by atoms with Gasteiger partial charge >= 0.3 is 11.9 Å². The Labute approximate surface area is 201 Å². The Morgan fingerprint density at radius 3 is 2.03 bits per heavy atom. The van der Waals surface area contributed by atoms with Crippen molar-refractivity contribution in [2.75, 3.05) is 31.4 Å². The molecule has 10 nitrogen and oxygen atoms in total. The molecule has 0 saturated heterocycles. The molecule has 0 fully saturated rings. The summed E-state index contributed by atoms with van der Waals surface area (Å²) in [5, 5.41) is 2.68. The van der Waals surface area contributed by atoms with E-state index in [1.54, 1.807) is 30.3 Å². The lowest BCUT2D eigenvalue weighted by atomic mass is 10.1. The largest absolute Gasteiger partial charge is 0.495 e. The minimum absolute atomic E-state index is 0.00530. The van der Waals surface area contributed by atoms with Gasteiger partial charge in [-0.2, -0.15) is 0 Å². The second-order valence-electron chi connectivity index (χ2n) is 7.00. The number of ether oxygens (including phenoxy) is 3. The van der Waals surface area contributed by atoms with E-state index < -0.39 is 32.8 Å². The maximum absolute atomic E-state index is 13.3. The Morgan fingerprint density at radius 1 is 0.743 bits per heavy atom. The van der Waals surface area contributed by atoms with Gasteiger partial charge in [0.1, 0.15) is 10.6 Å². The van der Waals surface area contributed by atoms with Gasteiger partial charge in [0.15, 0.2) is 0 Å². The zero-order valence-electron chi connectivity index (χ0n) is 19.0. The number of rotatable bonds is 8. The summed E-state index contributed by atoms with van der Waals surface area (Å²) < 4.78 is 43.5. The number of methoxy groups -OCH3 is 3. The highest BCUT2D eigenvalue weighted by atomic mass is 32.2. The number of sulfonamides is 1. The monoisotopic (exact) mass is 498 g/mol. The number of benzene rings is 3. The van der Waals surface area contributed by atoms with Crippen LogP contribution in [0.5, 0.6) is 5.75 Å². The summed E-state index contributed by atoms with van der Waals surface area (Å²) in [5.41, 5.74) is -0.0624. The van der Waals surface area contributed by atoms with Crippen LogP contribution in [0.4, 0.5) is 11.4 Å². The van der Waals surface area contributed by atoms with E-state index in [2.05, 4.69) is 19.5 Å². The van der Waals surface area contributed by atoms with Gasteiger partial charge in [-0.25, -0.2) is 18.0 Å². The van der Waals surface area contributed by atoms with Gasteiger partial charge in [-0.1, -0.05) is 24.3 Å². The topological polar surface area (TPSA) is 137 Å². The number of para-hydroxylation sites is 3. The molecule has 0 unspecified atom stereocenters. The van der Waals surface area contributed by atoms with Crippen LogP contribution in [0.2, 0.25) is 0 Å². The Kier molecular flexibility index (Phi) is 7.72. The van der Waals surface area contributed by atoms with E-state index in [-0.39, 0.29) is 22.4 Å². The molecule has 0 aromatic heterocycles. The van der Waals surface area contributed by atoms with Gasteiger partial charge in [0.05, 0.1) is 49.4 Å². The van der Waals surface area contributed by atoms with Crippen molar-refractivity contribution in [3.05, 3.63) is 83.4 Å². The predicted octanol–water partition coefficient (Wildman–Crippen LogP) is 3.32. The van der Waals surface area contributed by atoms with Crippen molar-refractivity contribution in [2.45, 2.75) is 4.90 Å². The fourth-order valence-corrected chi connectivity index (χ4v) is 4.48. The molecule has 35 heavy (non-hydrogen) atoms. The fraction of sp³-hybridized carbons (Fsp3) is 0.125. The van der Waals surface area contributed by atoms with Crippen LogP contribution in [-0.2, 0) is 19.5 Å². The van der Waals surface area contributed by atoms with Crippen LogP contribution in [-0.4, -0.2) is 47.6 Å². The van der Waals surface area contributed by atoms with Gasteiger partial charge in [0.25, 0.3) is 15.9 Å². The molecule has 0 bridgehead atoms. The van der Waals surface area contributed by atoms with Gasteiger partial charge in [-0.15, -0.1) is 0 Å². The van der Waals surface area contributed by atoms with E-state index in [1.807, 2.05) is 0 Å². The number of hydrogen-bond acceptors (Lipinski definition) is 8. The van der Waals surface area contributed by atoms with Gasteiger partial charge in [-0.05, 0) is 42.5 Å². The normalized spacial score (nSPS) is 10.7. The maximum atomic E-state index is 13.3. The third-order valence-electron chi connectivity index (χ3n) is 4.87. The highest BCUT2D eigenvalue weighted by Crippen LogP contribution is 2.27. The molecule has 3 aromatic rings. The zero-order valence-corrected chi connectivity index (χ0v) is 19.8. The lowest BCUT2D eigenvalue weighted by Gasteiger charge is -2.15. The van der Waals surface area contributed by atoms with Gasteiger partial charge in [-0.3, -0.25) is 9.52 Å². The van der Waals surface area contributed by atoms with E-state index in [1.165, 1.54) is 31.4 Å². The predicted molar refractivity (Wildman–Crippen MR) is 127 cm³/mol. The van der Waals surface area contributed by atoms with Crippen molar-refractivity contribution in [2.24, 2.45) is 0 Å². The first-order valence-electron chi connectivity index (χ1n) is 10.1. The molecule has 3 rings (SSSR count). The van der Waals surface area contributed by atoms with Gasteiger partial charge in [0, 0.05) is 0 Å². The highest BCUT2D eigenvalue weighted by Gasteiger charge is 2.27. The molecule has 182 valence electrons. The fourth-order valence-electron chi connectivity index (χ4n) is 3.18. The molecule has 0 heterocycles. The first-order valence-corrected chi connectivity index (χ1v) is 11.6. The minimum atomic E-state index is -4.47. The van der Waals surface area contributed by atoms with E-state index >= 15 is 0 Å². The Bertz CT molecular complexity index is 1390. The SMILES string of the molecule is COC(=O)c1ccc(C(=O)OC)c(S(=O)(=O)Nc2ccccc2C(=O)Nc2ccccc2OC)c1. The summed E-state index contributed by atoms with van der Waals surface area (Å²) in [6.45, 7) is 0. The second kappa shape index (κ2) is 10.7. The molecule has 0 radical (unpaired) electrons. The standard InChI is InChI=1S/C24H22N2O8S/c1-32-20-11-7-6-10-19(20)25-22(27)16-8-4-5-9-18(16)26-35(30,31)21-14-15(23(28)33-2)12-13-17(21)24(29)34-3/h4-14,26H,1-3H3,(H,25,27). The molecule has 3 aromatic carbocycles. The molecule has 0 atom stereocenters. The highest BCUT2D eigenvalue weighted by molar-refractivity contribution is 7.92. The first kappa shape index (κ1) is 25.2. The summed E-state index contributed by atoms with van der Waals surface area (Å²) in [7, 11) is -0.782. The molecule has 0 aliphatic carbocycles. The molecule has 0 aliphatic rings. The molecule has 0 aliphatic heterocycles. The van der Waals surface area contributed by atoms with Crippen LogP contribution in [0.1, 0.15) is 31.1 Å². The summed E-state index contributed by atoms with van der Waals surface area (Å²) in [6, 6.07) is 16.0. The Balaban J connectivity index is 2.01. The zero-order chi connectivity index (χ0) is 25.6. The third kappa shape index (κ3) is 5.58. The lowest BCUT2D eigenvalue weighted by molar-refractivity contribution is 0.0583. The molecule has 11 heteroatoms. The summed E-state index contributed by atoms with van der Waals surface area (Å²) in [5.74, 6) is -1.91. The number of anilines is 2. The van der Waals surface area contributed by atoms with Crippen LogP contribution in [0.15, 0.2) is 71.6 Å². The van der Waals surface area contributed by atoms with E-state index in [0.29, 0.717) is 11.4 Å². The summed E-state index contributed by atoms with van der Waals surface area (Å²) in [6.07, 6.45) is 0. The third-order valence-corrected chi connectivity index (χ3v) is 6.27. The Morgan fingerprint density at radius 2 is 1.37 bits per heavy atom. The number of carbonyl (C=O) groups excluding carboxylic acids is 3. The van der Waals surface area contributed by atoms with E-state index in [4.69, 9.17) is 4.74 Å². The first-order chi connectivity index (χ1) is 16.7. The van der Waals surface area contributed by atoms with Crippen LogP contribution in [0, 0.1) is 0 Å². The molecule has 2 N–H and O–H groups in total.